The van der Waals surface area contributed by atoms with Crippen LogP contribution in [0.1, 0.15) is 62.1 Å². The van der Waals surface area contributed by atoms with Gasteiger partial charge in [0.15, 0.2) is 0 Å². The SMILES string of the molecule is CCNCc1csc(C2CCCCCC2)n1. The summed E-state index contributed by atoms with van der Waals surface area (Å²) in [5.41, 5.74) is 1.23. The van der Waals surface area contributed by atoms with Gasteiger partial charge in [0.1, 0.15) is 0 Å². The van der Waals surface area contributed by atoms with Crippen LogP contribution in [0.4, 0.5) is 0 Å². The van der Waals surface area contributed by atoms with Crippen LogP contribution in [-0.4, -0.2) is 11.5 Å². The highest BCUT2D eigenvalue weighted by molar-refractivity contribution is 7.09. The monoisotopic (exact) mass is 238 g/mol. The van der Waals surface area contributed by atoms with Crippen molar-refractivity contribution in [2.45, 2.75) is 57.9 Å². The number of nitrogens with one attached hydrogen (secondary N) is 1. The number of thiazole rings is 1. The standard InChI is InChI=1S/C13H22N2S/c1-2-14-9-12-10-16-13(15-12)11-7-5-3-4-6-8-11/h10-11,14H,2-9H2,1H3. The minimum atomic E-state index is 0.753. The first-order valence-electron chi connectivity index (χ1n) is 6.55. The van der Waals surface area contributed by atoms with Crippen LogP contribution in [0, 0.1) is 0 Å². The fourth-order valence-electron chi connectivity index (χ4n) is 2.37. The molecule has 16 heavy (non-hydrogen) atoms. The summed E-state index contributed by atoms with van der Waals surface area (Å²) in [6.45, 7) is 4.09. The highest BCUT2D eigenvalue weighted by atomic mass is 32.1. The molecule has 90 valence electrons. The van der Waals surface area contributed by atoms with Gasteiger partial charge in [0.25, 0.3) is 0 Å². The summed E-state index contributed by atoms with van der Waals surface area (Å²) >= 11 is 1.86. The quantitative estimate of drug-likeness (QED) is 0.809. The summed E-state index contributed by atoms with van der Waals surface area (Å²) < 4.78 is 0. The topological polar surface area (TPSA) is 24.9 Å². The van der Waals surface area contributed by atoms with Gasteiger partial charge in [-0.15, -0.1) is 11.3 Å². The summed E-state index contributed by atoms with van der Waals surface area (Å²) in [4.78, 5) is 4.77. The van der Waals surface area contributed by atoms with Crippen molar-refractivity contribution >= 4 is 11.3 Å². The largest absolute Gasteiger partial charge is 0.311 e. The predicted molar refractivity (Wildman–Crippen MR) is 69.9 cm³/mol. The normalized spacial score (nSPS) is 18.6. The molecule has 1 aromatic heterocycles. The maximum absolute atomic E-state index is 4.77. The van der Waals surface area contributed by atoms with Gasteiger partial charge in [-0.3, -0.25) is 0 Å². The second-order valence-electron chi connectivity index (χ2n) is 4.65. The second kappa shape index (κ2) is 6.36. The fourth-order valence-corrected chi connectivity index (χ4v) is 3.36. The minimum Gasteiger partial charge on any atom is -0.311 e. The van der Waals surface area contributed by atoms with Crippen molar-refractivity contribution in [2.24, 2.45) is 0 Å². The molecular formula is C13H22N2S. The van der Waals surface area contributed by atoms with E-state index in [-0.39, 0.29) is 0 Å². The molecule has 1 aliphatic carbocycles. The van der Waals surface area contributed by atoms with Crippen molar-refractivity contribution in [3.8, 4) is 0 Å². The summed E-state index contributed by atoms with van der Waals surface area (Å²) in [5.74, 6) is 0.753. The number of aromatic nitrogens is 1. The maximum Gasteiger partial charge on any atom is 0.0959 e. The molecule has 1 saturated carbocycles. The second-order valence-corrected chi connectivity index (χ2v) is 5.54. The Morgan fingerprint density at radius 1 is 1.31 bits per heavy atom. The summed E-state index contributed by atoms with van der Waals surface area (Å²) in [7, 11) is 0. The molecule has 1 heterocycles. The molecule has 1 fully saturated rings. The Balaban J connectivity index is 1.94. The molecule has 1 aromatic rings. The number of rotatable bonds is 4. The van der Waals surface area contributed by atoms with Crippen LogP contribution in [-0.2, 0) is 6.54 Å². The van der Waals surface area contributed by atoms with Gasteiger partial charge in [0.2, 0.25) is 0 Å². The molecule has 0 radical (unpaired) electrons. The Kier molecular flexibility index (Phi) is 4.79. The summed E-state index contributed by atoms with van der Waals surface area (Å²) in [5, 5.41) is 6.95. The lowest BCUT2D eigenvalue weighted by atomic mass is 10.0. The van der Waals surface area contributed by atoms with Gasteiger partial charge in [0, 0.05) is 17.8 Å². The van der Waals surface area contributed by atoms with E-state index in [1.54, 1.807) is 0 Å². The summed E-state index contributed by atoms with van der Waals surface area (Å²) in [6, 6.07) is 0. The van der Waals surface area contributed by atoms with Crippen molar-refractivity contribution in [3.63, 3.8) is 0 Å². The van der Waals surface area contributed by atoms with E-state index in [1.165, 1.54) is 49.2 Å². The molecule has 0 amide bonds. The molecule has 2 rings (SSSR count). The average Bonchev–Trinajstić information content (AvgIpc) is 2.60. The van der Waals surface area contributed by atoms with Crippen LogP contribution in [0.3, 0.4) is 0 Å². The van der Waals surface area contributed by atoms with E-state index >= 15 is 0 Å². The molecule has 0 spiro atoms. The molecule has 0 unspecified atom stereocenters. The van der Waals surface area contributed by atoms with E-state index in [1.807, 2.05) is 11.3 Å². The molecule has 1 aliphatic rings. The van der Waals surface area contributed by atoms with Crippen molar-refractivity contribution < 1.29 is 0 Å². The molecule has 0 aliphatic heterocycles. The molecule has 3 heteroatoms. The van der Waals surface area contributed by atoms with E-state index in [4.69, 9.17) is 4.98 Å². The molecule has 2 nitrogen and oxygen atoms in total. The predicted octanol–water partition coefficient (Wildman–Crippen LogP) is 3.69. The zero-order valence-electron chi connectivity index (χ0n) is 10.2. The highest BCUT2D eigenvalue weighted by Gasteiger charge is 2.17. The third-order valence-corrected chi connectivity index (χ3v) is 4.39. The van der Waals surface area contributed by atoms with Gasteiger partial charge < -0.3 is 5.32 Å². The van der Waals surface area contributed by atoms with E-state index in [0.717, 1.165) is 19.0 Å². The zero-order chi connectivity index (χ0) is 11.2. The molecule has 0 aromatic carbocycles. The van der Waals surface area contributed by atoms with E-state index in [9.17, 15) is 0 Å². The number of hydrogen-bond acceptors (Lipinski definition) is 3. The van der Waals surface area contributed by atoms with Crippen LogP contribution in [0.2, 0.25) is 0 Å². The van der Waals surface area contributed by atoms with Gasteiger partial charge in [-0.2, -0.15) is 0 Å². The lowest BCUT2D eigenvalue weighted by molar-refractivity contribution is 0.585. The molecule has 1 N–H and O–H groups in total. The van der Waals surface area contributed by atoms with Gasteiger partial charge >= 0.3 is 0 Å². The Morgan fingerprint density at radius 2 is 2.06 bits per heavy atom. The smallest absolute Gasteiger partial charge is 0.0959 e. The minimum absolute atomic E-state index is 0.753. The van der Waals surface area contributed by atoms with Crippen molar-refractivity contribution in [1.82, 2.24) is 10.3 Å². The molecular weight excluding hydrogens is 216 g/mol. The van der Waals surface area contributed by atoms with Crippen molar-refractivity contribution in [1.29, 1.82) is 0 Å². The number of nitrogens with zero attached hydrogens (tertiary/aromatic N) is 1. The van der Waals surface area contributed by atoms with Crippen molar-refractivity contribution in [2.75, 3.05) is 6.54 Å². The van der Waals surface area contributed by atoms with Gasteiger partial charge in [-0.1, -0.05) is 32.6 Å². The first-order valence-corrected chi connectivity index (χ1v) is 7.43. The van der Waals surface area contributed by atoms with Crippen LogP contribution < -0.4 is 5.32 Å². The highest BCUT2D eigenvalue weighted by Crippen LogP contribution is 2.33. The van der Waals surface area contributed by atoms with E-state index in [0.29, 0.717) is 0 Å². The van der Waals surface area contributed by atoms with Gasteiger partial charge in [-0.05, 0) is 19.4 Å². The lowest BCUT2D eigenvalue weighted by Crippen LogP contribution is -2.12. The van der Waals surface area contributed by atoms with Gasteiger partial charge in [-0.25, -0.2) is 4.98 Å². The lowest BCUT2D eigenvalue weighted by Gasteiger charge is -2.09. The average molecular weight is 238 g/mol. The van der Waals surface area contributed by atoms with Crippen LogP contribution in [0.5, 0.6) is 0 Å². The Bertz CT molecular complexity index is 301. The maximum atomic E-state index is 4.77. The van der Waals surface area contributed by atoms with E-state index < -0.39 is 0 Å². The fraction of sp³-hybridized carbons (Fsp3) is 0.769. The third kappa shape index (κ3) is 3.29. The third-order valence-electron chi connectivity index (χ3n) is 3.33. The van der Waals surface area contributed by atoms with Crippen molar-refractivity contribution in [3.05, 3.63) is 16.1 Å². The zero-order valence-corrected chi connectivity index (χ0v) is 11.0. The molecule has 0 atom stereocenters. The Hall–Kier alpha value is -0.410. The Labute approximate surface area is 102 Å². The van der Waals surface area contributed by atoms with Crippen LogP contribution in [0.25, 0.3) is 0 Å². The van der Waals surface area contributed by atoms with Crippen LogP contribution >= 0.6 is 11.3 Å². The first-order chi connectivity index (χ1) is 7.90. The summed E-state index contributed by atoms with van der Waals surface area (Å²) in [6.07, 6.45) is 8.35. The Morgan fingerprint density at radius 3 is 2.75 bits per heavy atom. The van der Waals surface area contributed by atoms with Crippen LogP contribution in [0.15, 0.2) is 5.38 Å². The van der Waals surface area contributed by atoms with E-state index in [2.05, 4.69) is 17.6 Å². The van der Waals surface area contributed by atoms with Gasteiger partial charge in [0.05, 0.1) is 10.7 Å². The first kappa shape index (κ1) is 12.1. The molecule has 0 bridgehead atoms. The molecule has 0 saturated heterocycles. The number of hydrogen-bond donors (Lipinski definition) is 1.